The van der Waals surface area contributed by atoms with E-state index in [1.807, 2.05) is 24.0 Å². The van der Waals surface area contributed by atoms with Crippen molar-refractivity contribution >= 4 is 17.6 Å². The number of amides is 2. The second kappa shape index (κ2) is 8.01. The fourth-order valence-electron chi connectivity index (χ4n) is 3.21. The highest BCUT2D eigenvalue weighted by Crippen LogP contribution is 2.23. The molecule has 0 spiro atoms. The highest BCUT2D eigenvalue weighted by Gasteiger charge is 2.37. The Bertz CT molecular complexity index is 762. The van der Waals surface area contributed by atoms with Crippen LogP contribution in [-0.4, -0.2) is 46.9 Å². The average Bonchev–Trinajstić information content (AvgIpc) is 3.27. The van der Waals surface area contributed by atoms with E-state index in [0.717, 1.165) is 5.56 Å². The van der Waals surface area contributed by atoms with E-state index in [4.69, 9.17) is 10.2 Å². The standard InChI is InChI=1S/C18H23N5O3/c1-2-20-18(25)15-8-14(22-17(24)13-5-7-26-11-13)10-23(15)9-12-4-3-6-21-16(12)19/h3-7,11,14-15H,2,8-10H2,1H3,(H2,19,21)(H,20,25)(H,22,24)/t14-,15+/m1/s1. The molecule has 0 aromatic carbocycles. The minimum atomic E-state index is -0.329. The maximum atomic E-state index is 12.5. The molecule has 2 aromatic heterocycles. The molecule has 3 rings (SSSR count). The maximum absolute atomic E-state index is 12.5. The number of nitrogens with zero attached hydrogens (tertiary/aromatic N) is 2. The van der Waals surface area contributed by atoms with Crippen molar-refractivity contribution in [1.82, 2.24) is 20.5 Å². The summed E-state index contributed by atoms with van der Waals surface area (Å²) < 4.78 is 4.95. The van der Waals surface area contributed by atoms with Gasteiger partial charge in [-0.2, -0.15) is 0 Å². The van der Waals surface area contributed by atoms with Crippen LogP contribution in [0.1, 0.15) is 29.3 Å². The molecule has 26 heavy (non-hydrogen) atoms. The number of nitrogen functional groups attached to an aromatic ring is 1. The van der Waals surface area contributed by atoms with Crippen LogP contribution in [0.15, 0.2) is 41.3 Å². The molecular formula is C18H23N5O3. The summed E-state index contributed by atoms with van der Waals surface area (Å²) in [5, 5.41) is 5.84. The number of carbonyl (C=O) groups is 2. The molecule has 1 fully saturated rings. The number of anilines is 1. The van der Waals surface area contributed by atoms with Crippen LogP contribution in [0.2, 0.25) is 0 Å². The Hall–Kier alpha value is -2.87. The largest absolute Gasteiger partial charge is 0.472 e. The second-order valence-corrected chi connectivity index (χ2v) is 6.31. The second-order valence-electron chi connectivity index (χ2n) is 6.31. The van der Waals surface area contributed by atoms with Gasteiger partial charge in [-0.1, -0.05) is 6.07 Å². The van der Waals surface area contributed by atoms with E-state index in [1.54, 1.807) is 12.3 Å². The van der Waals surface area contributed by atoms with E-state index in [0.29, 0.717) is 37.4 Å². The van der Waals surface area contributed by atoms with E-state index < -0.39 is 0 Å². The molecule has 0 bridgehead atoms. The lowest BCUT2D eigenvalue weighted by atomic mass is 10.1. The van der Waals surface area contributed by atoms with Gasteiger partial charge in [0.05, 0.1) is 17.9 Å². The molecule has 0 saturated carbocycles. The third-order valence-electron chi connectivity index (χ3n) is 4.48. The van der Waals surface area contributed by atoms with Gasteiger partial charge in [0.2, 0.25) is 5.91 Å². The van der Waals surface area contributed by atoms with Crippen LogP contribution in [0.5, 0.6) is 0 Å². The smallest absolute Gasteiger partial charge is 0.254 e. The molecule has 8 nitrogen and oxygen atoms in total. The number of hydrogen-bond acceptors (Lipinski definition) is 6. The predicted molar refractivity (Wildman–Crippen MR) is 96.1 cm³/mol. The lowest BCUT2D eigenvalue weighted by Gasteiger charge is -2.23. The van der Waals surface area contributed by atoms with Crippen molar-refractivity contribution in [2.24, 2.45) is 0 Å². The predicted octanol–water partition coefficient (Wildman–Crippen LogP) is 0.766. The fraction of sp³-hybridized carbons (Fsp3) is 0.389. The van der Waals surface area contributed by atoms with Crippen molar-refractivity contribution in [1.29, 1.82) is 0 Å². The summed E-state index contributed by atoms with van der Waals surface area (Å²) in [7, 11) is 0. The molecule has 2 amide bonds. The SMILES string of the molecule is CCNC(=O)[C@@H]1C[C@@H](NC(=O)c2ccoc2)CN1Cc1cccnc1N. The van der Waals surface area contributed by atoms with Gasteiger partial charge in [0, 0.05) is 37.4 Å². The maximum Gasteiger partial charge on any atom is 0.254 e. The summed E-state index contributed by atoms with van der Waals surface area (Å²) in [6, 6.07) is 4.86. The van der Waals surface area contributed by atoms with Crippen molar-refractivity contribution < 1.29 is 14.0 Å². The molecular weight excluding hydrogens is 334 g/mol. The van der Waals surface area contributed by atoms with Gasteiger partial charge in [-0.3, -0.25) is 14.5 Å². The number of likely N-dealkylation sites (N-methyl/N-ethyl adjacent to an activating group) is 1. The molecule has 138 valence electrons. The molecule has 4 N–H and O–H groups in total. The lowest BCUT2D eigenvalue weighted by molar-refractivity contribution is -0.125. The molecule has 0 aliphatic carbocycles. The summed E-state index contributed by atoms with van der Waals surface area (Å²) in [5.41, 5.74) is 7.27. The number of aromatic nitrogens is 1. The number of carbonyl (C=O) groups excluding carboxylic acids is 2. The molecule has 8 heteroatoms. The van der Waals surface area contributed by atoms with E-state index in [1.165, 1.54) is 12.5 Å². The van der Waals surface area contributed by atoms with E-state index >= 15 is 0 Å². The molecule has 2 atom stereocenters. The number of furan rings is 1. The molecule has 0 unspecified atom stereocenters. The van der Waals surface area contributed by atoms with Crippen LogP contribution in [0.4, 0.5) is 5.82 Å². The first-order chi connectivity index (χ1) is 12.6. The normalized spacial score (nSPS) is 20.0. The van der Waals surface area contributed by atoms with Gasteiger partial charge in [0.15, 0.2) is 0 Å². The minimum absolute atomic E-state index is 0.0463. The Labute approximate surface area is 151 Å². The van der Waals surface area contributed by atoms with E-state index in [2.05, 4.69) is 15.6 Å². The highest BCUT2D eigenvalue weighted by molar-refractivity contribution is 5.94. The molecule has 0 radical (unpaired) electrons. The summed E-state index contributed by atoms with van der Waals surface area (Å²) in [6.07, 6.45) is 5.03. The molecule has 2 aromatic rings. The lowest BCUT2D eigenvalue weighted by Crippen LogP contribution is -2.42. The zero-order chi connectivity index (χ0) is 18.5. The molecule has 1 aliphatic rings. The van der Waals surface area contributed by atoms with Crippen LogP contribution in [0.25, 0.3) is 0 Å². The average molecular weight is 357 g/mol. The number of nitrogens with one attached hydrogen (secondary N) is 2. The number of nitrogens with two attached hydrogens (primary N) is 1. The minimum Gasteiger partial charge on any atom is -0.472 e. The molecule has 1 saturated heterocycles. The molecule has 3 heterocycles. The molecule has 1 aliphatic heterocycles. The number of rotatable bonds is 6. The monoisotopic (exact) mass is 357 g/mol. The quantitative estimate of drug-likeness (QED) is 0.704. The van der Waals surface area contributed by atoms with Gasteiger partial charge >= 0.3 is 0 Å². The first-order valence-electron chi connectivity index (χ1n) is 8.62. The zero-order valence-electron chi connectivity index (χ0n) is 14.6. The Morgan fingerprint density at radius 3 is 2.96 bits per heavy atom. The van der Waals surface area contributed by atoms with Crippen LogP contribution in [-0.2, 0) is 11.3 Å². The van der Waals surface area contributed by atoms with Crippen molar-refractivity contribution in [3.05, 3.63) is 48.0 Å². The van der Waals surface area contributed by atoms with Gasteiger partial charge < -0.3 is 20.8 Å². The third kappa shape index (κ3) is 4.02. The summed E-state index contributed by atoms with van der Waals surface area (Å²) in [6.45, 7) is 3.50. The Morgan fingerprint density at radius 1 is 1.42 bits per heavy atom. The van der Waals surface area contributed by atoms with Crippen LogP contribution in [0, 0.1) is 0 Å². The van der Waals surface area contributed by atoms with Crippen molar-refractivity contribution in [2.45, 2.75) is 32.0 Å². The summed E-state index contributed by atoms with van der Waals surface area (Å²) in [4.78, 5) is 30.9. The fourth-order valence-corrected chi connectivity index (χ4v) is 3.21. The Morgan fingerprint density at radius 2 is 2.27 bits per heavy atom. The van der Waals surface area contributed by atoms with Crippen LogP contribution < -0.4 is 16.4 Å². The van der Waals surface area contributed by atoms with E-state index in [-0.39, 0.29) is 23.9 Å². The highest BCUT2D eigenvalue weighted by atomic mass is 16.3. The van der Waals surface area contributed by atoms with Gasteiger partial charge in [-0.25, -0.2) is 4.98 Å². The number of hydrogen-bond donors (Lipinski definition) is 3. The Kier molecular flexibility index (Phi) is 5.52. The van der Waals surface area contributed by atoms with Crippen molar-refractivity contribution in [3.8, 4) is 0 Å². The van der Waals surface area contributed by atoms with Crippen molar-refractivity contribution in [2.75, 3.05) is 18.8 Å². The van der Waals surface area contributed by atoms with Gasteiger partial charge in [0.25, 0.3) is 5.91 Å². The van der Waals surface area contributed by atoms with Gasteiger partial charge in [-0.15, -0.1) is 0 Å². The topological polar surface area (TPSA) is 113 Å². The van der Waals surface area contributed by atoms with Crippen molar-refractivity contribution in [3.63, 3.8) is 0 Å². The number of likely N-dealkylation sites (tertiary alicyclic amines) is 1. The van der Waals surface area contributed by atoms with Crippen LogP contribution in [0.3, 0.4) is 0 Å². The first-order valence-corrected chi connectivity index (χ1v) is 8.62. The van der Waals surface area contributed by atoms with Gasteiger partial charge in [0.1, 0.15) is 12.1 Å². The number of pyridine rings is 1. The van der Waals surface area contributed by atoms with Crippen LogP contribution >= 0.6 is 0 Å². The van der Waals surface area contributed by atoms with Gasteiger partial charge in [-0.05, 0) is 25.5 Å². The summed E-state index contributed by atoms with van der Waals surface area (Å²) in [5.74, 6) is 0.198. The zero-order valence-corrected chi connectivity index (χ0v) is 14.6. The third-order valence-corrected chi connectivity index (χ3v) is 4.48. The first kappa shape index (κ1) is 17.9. The summed E-state index contributed by atoms with van der Waals surface area (Å²) >= 11 is 0. The Balaban J connectivity index is 1.71. The van der Waals surface area contributed by atoms with E-state index in [9.17, 15) is 9.59 Å².